The zero-order chi connectivity index (χ0) is 28.3. The molecule has 3 atom stereocenters. The molecule has 0 saturated carbocycles. The van der Waals surface area contributed by atoms with Crippen LogP contribution in [0, 0.1) is 37.5 Å². The van der Waals surface area contributed by atoms with Crippen LogP contribution in [0.4, 0.5) is 0 Å². The largest absolute Gasteiger partial charge is 0.300 e. The van der Waals surface area contributed by atoms with Gasteiger partial charge in [-0.3, -0.25) is 19.2 Å². The number of rotatable bonds is 13. The summed E-state index contributed by atoms with van der Waals surface area (Å²) in [4.78, 5) is 50.1. The molecule has 0 saturated heterocycles. The van der Waals surface area contributed by atoms with E-state index in [1.165, 1.54) is 13.3 Å². The van der Waals surface area contributed by atoms with E-state index in [1.54, 1.807) is 0 Å². The molecule has 0 fully saturated rings. The molecule has 0 amide bonds. The predicted octanol–water partition coefficient (Wildman–Crippen LogP) is 8.00. The molecule has 37 heavy (non-hydrogen) atoms. The van der Waals surface area contributed by atoms with E-state index in [2.05, 4.69) is 40.7 Å². The van der Waals surface area contributed by atoms with Crippen LogP contribution in [0.2, 0.25) is 0 Å². The highest BCUT2D eigenvalue weighted by Gasteiger charge is 2.33. The third-order valence-electron chi connectivity index (χ3n) is 7.43. The highest BCUT2D eigenvalue weighted by atomic mass is 16.1. The van der Waals surface area contributed by atoms with Crippen LogP contribution in [0.3, 0.4) is 0 Å². The van der Waals surface area contributed by atoms with Gasteiger partial charge in [0.25, 0.3) is 0 Å². The van der Waals surface area contributed by atoms with Crippen molar-refractivity contribution >= 4 is 23.1 Å². The Morgan fingerprint density at radius 1 is 1.03 bits per heavy atom. The van der Waals surface area contributed by atoms with Gasteiger partial charge >= 0.3 is 0 Å². The van der Waals surface area contributed by atoms with Crippen LogP contribution in [0.5, 0.6) is 0 Å². The highest BCUT2D eigenvalue weighted by Crippen LogP contribution is 2.38. The summed E-state index contributed by atoms with van der Waals surface area (Å²) < 4.78 is 0. The highest BCUT2D eigenvalue weighted by molar-refractivity contribution is 6.01. The van der Waals surface area contributed by atoms with E-state index >= 15 is 0 Å². The maximum Gasteiger partial charge on any atom is 0.163 e. The monoisotopic (exact) mass is 512 g/mol. The zero-order valence-electron chi connectivity index (χ0n) is 25.1. The van der Waals surface area contributed by atoms with Gasteiger partial charge in [0.05, 0.1) is 6.42 Å². The Hall–Kier alpha value is -2.10. The molecular formula is C33H52O4. The number of hydrogen-bond donors (Lipinski definition) is 0. The van der Waals surface area contributed by atoms with Gasteiger partial charge < -0.3 is 0 Å². The van der Waals surface area contributed by atoms with Gasteiger partial charge in [0.15, 0.2) is 5.78 Å². The second kappa shape index (κ2) is 16.0. The van der Waals surface area contributed by atoms with Crippen molar-refractivity contribution in [2.45, 2.75) is 127 Å². The molecule has 208 valence electrons. The summed E-state index contributed by atoms with van der Waals surface area (Å²) in [5.74, 6) is 1.01. The average Bonchev–Trinajstić information content (AvgIpc) is 2.76. The molecule has 1 aliphatic carbocycles. The summed E-state index contributed by atoms with van der Waals surface area (Å²) in [6.07, 6.45) is 7.05. The number of benzene rings is 1. The second-order valence-corrected chi connectivity index (χ2v) is 11.7. The molecular weight excluding hydrogens is 460 g/mol. The van der Waals surface area contributed by atoms with Gasteiger partial charge in [0.2, 0.25) is 0 Å². The minimum Gasteiger partial charge on any atom is -0.300 e. The number of hydrogen-bond acceptors (Lipinski definition) is 4. The molecule has 3 unspecified atom stereocenters. The Kier molecular flexibility index (Phi) is 14.2. The lowest BCUT2D eigenvalue weighted by atomic mass is 9.71. The molecule has 1 aromatic carbocycles. The Morgan fingerprint density at radius 2 is 1.65 bits per heavy atom. The first-order valence-corrected chi connectivity index (χ1v) is 14.6. The van der Waals surface area contributed by atoms with Crippen LogP contribution in [0.1, 0.15) is 132 Å². The zero-order valence-corrected chi connectivity index (χ0v) is 25.1. The van der Waals surface area contributed by atoms with Crippen LogP contribution in [0.25, 0.3) is 0 Å². The van der Waals surface area contributed by atoms with E-state index in [0.29, 0.717) is 25.2 Å². The summed E-state index contributed by atoms with van der Waals surface area (Å²) in [5.41, 5.74) is 5.00. The van der Waals surface area contributed by atoms with E-state index in [4.69, 9.17) is 0 Å². The molecule has 4 heteroatoms. The van der Waals surface area contributed by atoms with Gasteiger partial charge in [-0.25, -0.2) is 0 Å². The number of fused-ring (bicyclic) bond motifs is 1. The summed E-state index contributed by atoms with van der Waals surface area (Å²) in [7, 11) is 0. The van der Waals surface area contributed by atoms with Crippen molar-refractivity contribution in [1.29, 1.82) is 0 Å². The molecule has 2 rings (SSSR count). The average molecular weight is 513 g/mol. The Labute approximate surface area is 226 Å². The topological polar surface area (TPSA) is 68.3 Å². The van der Waals surface area contributed by atoms with Crippen LogP contribution >= 0.6 is 0 Å². The van der Waals surface area contributed by atoms with Crippen molar-refractivity contribution in [2.24, 2.45) is 23.7 Å². The van der Waals surface area contributed by atoms with Crippen molar-refractivity contribution in [3.63, 3.8) is 0 Å². The summed E-state index contributed by atoms with van der Waals surface area (Å²) >= 11 is 0. The summed E-state index contributed by atoms with van der Waals surface area (Å²) in [6, 6.07) is 2.12. The van der Waals surface area contributed by atoms with Crippen molar-refractivity contribution in [1.82, 2.24) is 0 Å². The Balaban J connectivity index is 0.00000217. The minimum absolute atomic E-state index is 0.0157. The van der Waals surface area contributed by atoms with E-state index in [0.717, 1.165) is 59.9 Å². The molecule has 1 aromatic rings. The summed E-state index contributed by atoms with van der Waals surface area (Å²) in [5, 5.41) is 0. The number of Topliss-reactive ketones (excluding diaryl/α,β-unsaturated/α-hetero) is 4. The fourth-order valence-corrected chi connectivity index (χ4v) is 6.05. The third kappa shape index (κ3) is 9.94. The SMILES string of the molecule is CCC.CCCC(CC1CC(=O)c2c(cc(C)c(CC(=O)CC(C)C)c2C)C1)C(CC)C(=O)CC(C)=O. The van der Waals surface area contributed by atoms with Crippen LogP contribution in [0.15, 0.2) is 6.07 Å². The smallest absolute Gasteiger partial charge is 0.163 e. The number of ketones is 4. The van der Waals surface area contributed by atoms with E-state index in [-0.39, 0.29) is 47.3 Å². The maximum absolute atomic E-state index is 13.3. The lowest BCUT2D eigenvalue weighted by Gasteiger charge is -2.32. The van der Waals surface area contributed by atoms with Gasteiger partial charge in [-0.1, -0.05) is 66.9 Å². The molecule has 0 heterocycles. The maximum atomic E-state index is 13.3. The fourth-order valence-electron chi connectivity index (χ4n) is 6.05. The van der Waals surface area contributed by atoms with E-state index in [1.807, 2.05) is 20.8 Å². The molecule has 0 aliphatic heterocycles. The van der Waals surface area contributed by atoms with Crippen LogP contribution < -0.4 is 0 Å². The number of aryl methyl sites for hydroxylation is 1. The van der Waals surface area contributed by atoms with Crippen molar-refractivity contribution in [3.05, 3.63) is 33.9 Å². The van der Waals surface area contributed by atoms with Gasteiger partial charge in [-0.15, -0.1) is 0 Å². The lowest BCUT2D eigenvalue weighted by Crippen LogP contribution is -2.30. The van der Waals surface area contributed by atoms with E-state index in [9.17, 15) is 19.2 Å². The molecule has 0 spiro atoms. The molecule has 0 radical (unpaired) electrons. The fraction of sp³-hybridized carbons (Fsp3) is 0.697. The normalized spacial score (nSPS) is 16.5. The Bertz CT molecular complexity index is 940. The van der Waals surface area contributed by atoms with Crippen molar-refractivity contribution in [3.8, 4) is 0 Å². The molecule has 1 aliphatic rings. The van der Waals surface area contributed by atoms with E-state index < -0.39 is 0 Å². The number of carbonyl (C=O) groups is 4. The first kappa shape index (κ1) is 32.9. The minimum atomic E-state index is -0.113. The first-order chi connectivity index (χ1) is 17.4. The lowest BCUT2D eigenvalue weighted by molar-refractivity contribution is -0.130. The molecule has 0 aromatic heterocycles. The Morgan fingerprint density at radius 3 is 2.16 bits per heavy atom. The molecule has 0 bridgehead atoms. The van der Waals surface area contributed by atoms with Crippen LogP contribution in [-0.4, -0.2) is 23.1 Å². The molecule has 4 nitrogen and oxygen atoms in total. The second-order valence-electron chi connectivity index (χ2n) is 11.7. The van der Waals surface area contributed by atoms with Crippen molar-refractivity contribution < 1.29 is 19.2 Å². The van der Waals surface area contributed by atoms with Crippen molar-refractivity contribution in [2.75, 3.05) is 0 Å². The molecule has 0 N–H and O–H groups in total. The standard InChI is InChI=1S/C30H44O4.C3H8/c1-8-10-23(26(9-2)28(33)13-20(6)31)14-22-15-24-12-19(5)27(17-25(32)11-18(3)4)21(7)30(24)29(34)16-22;1-3-2/h12,18,22-23,26H,8-11,13-17H2,1-7H3;3H2,1-2H3. The summed E-state index contributed by atoms with van der Waals surface area (Å²) in [6.45, 7) is 18.0. The van der Waals surface area contributed by atoms with Crippen LogP contribution in [-0.2, 0) is 27.2 Å². The van der Waals surface area contributed by atoms with Gasteiger partial charge in [0.1, 0.15) is 17.3 Å². The third-order valence-corrected chi connectivity index (χ3v) is 7.43. The predicted molar refractivity (Wildman–Crippen MR) is 153 cm³/mol. The quantitative estimate of drug-likeness (QED) is 0.251. The van der Waals surface area contributed by atoms with Gasteiger partial charge in [-0.05, 0) is 80.0 Å². The first-order valence-electron chi connectivity index (χ1n) is 14.6. The van der Waals surface area contributed by atoms with Gasteiger partial charge in [-0.2, -0.15) is 0 Å². The number of carbonyl (C=O) groups excluding carboxylic acids is 4. The van der Waals surface area contributed by atoms with Gasteiger partial charge in [0, 0.05) is 30.7 Å².